The van der Waals surface area contributed by atoms with E-state index in [1.807, 2.05) is 0 Å². The van der Waals surface area contributed by atoms with E-state index in [2.05, 4.69) is 4.98 Å². The van der Waals surface area contributed by atoms with Gasteiger partial charge < -0.3 is 11.5 Å². The molecule has 1 aromatic rings. The number of carbonyl (C=O) groups excluding carboxylic acids is 1. The summed E-state index contributed by atoms with van der Waals surface area (Å²) in [6, 6.07) is 3.49. The Balaban J connectivity index is 2.25. The quantitative estimate of drug-likeness (QED) is 0.711. The molecular formula is C10H14N4O. The topological polar surface area (TPSA) is 85.2 Å². The zero-order valence-corrected chi connectivity index (χ0v) is 8.39. The van der Waals surface area contributed by atoms with Crippen molar-refractivity contribution in [1.29, 1.82) is 0 Å². The van der Waals surface area contributed by atoms with Crippen molar-refractivity contribution in [3.05, 3.63) is 18.3 Å². The molecule has 2 heterocycles. The Bertz CT molecular complexity index is 379. The average Bonchev–Trinajstić information content (AvgIpc) is 2.60. The summed E-state index contributed by atoms with van der Waals surface area (Å²) in [5.74, 6) is 0.827. The minimum absolute atomic E-state index is 0.0517. The maximum atomic E-state index is 11.7. The van der Waals surface area contributed by atoms with Gasteiger partial charge in [-0.15, -0.1) is 0 Å². The fraction of sp³-hybridized carbons (Fsp3) is 0.400. The summed E-state index contributed by atoms with van der Waals surface area (Å²) in [6.07, 6.45) is 2.13. The maximum Gasteiger partial charge on any atom is 0.228 e. The van der Waals surface area contributed by atoms with Crippen molar-refractivity contribution in [2.24, 2.45) is 11.7 Å². The predicted molar refractivity (Wildman–Crippen MR) is 58.2 cm³/mol. The molecule has 1 amide bonds. The van der Waals surface area contributed by atoms with Crippen molar-refractivity contribution in [1.82, 2.24) is 4.98 Å². The van der Waals surface area contributed by atoms with E-state index in [1.165, 1.54) is 0 Å². The third-order valence-electron chi connectivity index (χ3n) is 2.61. The summed E-state index contributed by atoms with van der Waals surface area (Å²) in [7, 11) is 0. The molecule has 1 saturated heterocycles. The Morgan fingerprint density at radius 1 is 1.60 bits per heavy atom. The number of hydrogen-bond donors (Lipinski definition) is 2. The van der Waals surface area contributed by atoms with Crippen LogP contribution in [0.1, 0.15) is 6.42 Å². The molecule has 2 rings (SSSR count). The lowest BCUT2D eigenvalue weighted by atomic mass is 10.1. The number of aromatic nitrogens is 1. The van der Waals surface area contributed by atoms with Gasteiger partial charge in [0.2, 0.25) is 5.91 Å². The van der Waals surface area contributed by atoms with Gasteiger partial charge in [0.05, 0.1) is 5.69 Å². The van der Waals surface area contributed by atoms with Crippen LogP contribution in [0.2, 0.25) is 0 Å². The number of anilines is 2. The molecule has 1 aromatic heterocycles. The summed E-state index contributed by atoms with van der Waals surface area (Å²) in [5, 5.41) is 0. The molecule has 0 radical (unpaired) electrons. The first-order valence-corrected chi connectivity index (χ1v) is 4.93. The lowest BCUT2D eigenvalue weighted by Gasteiger charge is -2.16. The van der Waals surface area contributed by atoms with E-state index in [4.69, 9.17) is 11.5 Å². The normalized spacial score (nSPS) is 21.0. The molecule has 0 bridgehead atoms. The van der Waals surface area contributed by atoms with Crippen molar-refractivity contribution in [2.75, 3.05) is 23.7 Å². The van der Waals surface area contributed by atoms with Gasteiger partial charge in [-0.05, 0) is 24.6 Å². The number of nitrogens with two attached hydrogens (primary N) is 2. The standard InChI is InChI=1S/C10H14N4O/c11-5-7-4-9(15)14(6-7)10-8(12)2-1-3-13-10/h1-3,7H,4-6,11-12H2. The molecule has 80 valence electrons. The molecule has 1 aliphatic heterocycles. The Morgan fingerprint density at radius 3 is 3.00 bits per heavy atom. The lowest BCUT2D eigenvalue weighted by molar-refractivity contribution is -0.117. The van der Waals surface area contributed by atoms with Gasteiger partial charge in [0.1, 0.15) is 0 Å². The van der Waals surface area contributed by atoms with Gasteiger partial charge in [0, 0.05) is 19.2 Å². The largest absolute Gasteiger partial charge is 0.396 e. The van der Waals surface area contributed by atoms with Gasteiger partial charge >= 0.3 is 0 Å². The van der Waals surface area contributed by atoms with Crippen molar-refractivity contribution in [3.63, 3.8) is 0 Å². The molecule has 0 saturated carbocycles. The molecule has 5 nitrogen and oxygen atoms in total. The van der Waals surface area contributed by atoms with Crippen LogP contribution < -0.4 is 16.4 Å². The molecule has 4 N–H and O–H groups in total. The number of pyridine rings is 1. The van der Waals surface area contributed by atoms with Gasteiger partial charge in [-0.1, -0.05) is 0 Å². The number of amides is 1. The first-order chi connectivity index (χ1) is 7.22. The summed E-state index contributed by atoms with van der Waals surface area (Å²) >= 11 is 0. The van der Waals surface area contributed by atoms with Crippen LogP contribution >= 0.6 is 0 Å². The number of hydrogen-bond acceptors (Lipinski definition) is 4. The van der Waals surface area contributed by atoms with Gasteiger partial charge in [-0.25, -0.2) is 4.98 Å². The Kier molecular flexibility index (Phi) is 2.55. The molecule has 0 spiro atoms. The summed E-state index contributed by atoms with van der Waals surface area (Å²) in [5.41, 5.74) is 11.8. The van der Waals surface area contributed by atoms with E-state index < -0.39 is 0 Å². The van der Waals surface area contributed by atoms with Crippen LogP contribution in [0.5, 0.6) is 0 Å². The molecule has 1 unspecified atom stereocenters. The molecule has 1 aliphatic rings. The highest BCUT2D eigenvalue weighted by molar-refractivity contribution is 5.97. The molecule has 0 aliphatic carbocycles. The Morgan fingerprint density at radius 2 is 2.40 bits per heavy atom. The molecule has 0 aromatic carbocycles. The highest BCUT2D eigenvalue weighted by atomic mass is 16.2. The number of carbonyl (C=O) groups is 1. The van der Waals surface area contributed by atoms with Crippen LogP contribution in [-0.2, 0) is 4.79 Å². The number of nitrogen functional groups attached to an aromatic ring is 1. The minimum atomic E-state index is 0.0517. The fourth-order valence-electron chi connectivity index (χ4n) is 1.78. The lowest BCUT2D eigenvalue weighted by Crippen LogP contribution is -2.27. The number of rotatable bonds is 2. The molecule has 1 fully saturated rings. The second-order valence-electron chi connectivity index (χ2n) is 3.73. The SMILES string of the molecule is NCC1CC(=O)N(c2ncccc2N)C1. The smallest absolute Gasteiger partial charge is 0.228 e. The van der Waals surface area contributed by atoms with E-state index in [9.17, 15) is 4.79 Å². The van der Waals surface area contributed by atoms with Crippen molar-refractivity contribution in [2.45, 2.75) is 6.42 Å². The monoisotopic (exact) mass is 206 g/mol. The third kappa shape index (κ3) is 1.78. The van der Waals surface area contributed by atoms with Crippen molar-refractivity contribution >= 4 is 17.4 Å². The molecule has 5 heteroatoms. The number of nitrogens with zero attached hydrogens (tertiary/aromatic N) is 2. The van der Waals surface area contributed by atoms with Crippen LogP contribution in [0.4, 0.5) is 11.5 Å². The summed E-state index contributed by atoms with van der Waals surface area (Å²) in [4.78, 5) is 17.4. The van der Waals surface area contributed by atoms with Gasteiger partial charge in [-0.3, -0.25) is 9.69 Å². The zero-order chi connectivity index (χ0) is 10.8. The summed E-state index contributed by atoms with van der Waals surface area (Å²) in [6.45, 7) is 1.14. The Labute approximate surface area is 88.1 Å². The second kappa shape index (κ2) is 3.86. The van der Waals surface area contributed by atoms with Crippen molar-refractivity contribution < 1.29 is 4.79 Å². The summed E-state index contributed by atoms with van der Waals surface area (Å²) < 4.78 is 0. The first-order valence-electron chi connectivity index (χ1n) is 4.93. The van der Waals surface area contributed by atoms with Crippen LogP contribution in [0.3, 0.4) is 0 Å². The maximum absolute atomic E-state index is 11.7. The van der Waals surface area contributed by atoms with E-state index in [-0.39, 0.29) is 11.8 Å². The van der Waals surface area contributed by atoms with Crippen molar-refractivity contribution in [3.8, 4) is 0 Å². The van der Waals surface area contributed by atoms with E-state index >= 15 is 0 Å². The third-order valence-corrected chi connectivity index (χ3v) is 2.61. The average molecular weight is 206 g/mol. The van der Waals surface area contributed by atoms with Gasteiger partial charge in [0.25, 0.3) is 0 Å². The first kappa shape index (κ1) is 9.92. The zero-order valence-electron chi connectivity index (χ0n) is 8.39. The van der Waals surface area contributed by atoms with Crippen LogP contribution in [0.15, 0.2) is 18.3 Å². The minimum Gasteiger partial charge on any atom is -0.396 e. The van der Waals surface area contributed by atoms with E-state index in [1.54, 1.807) is 23.2 Å². The van der Waals surface area contributed by atoms with Gasteiger partial charge in [-0.2, -0.15) is 0 Å². The van der Waals surface area contributed by atoms with E-state index in [0.29, 0.717) is 31.0 Å². The molecule has 1 atom stereocenters. The van der Waals surface area contributed by atoms with Gasteiger partial charge in [0.15, 0.2) is 5.82 Å². The Hall–Kier alpha value is -1.62. The van der Waals surface area contributed by atoms with E-state index in [0.717, 1.165) is 0 Å². The second-order valence-corrected chi connectivity index (χ2v) is 3.73. The van der Waals surface area contributed by atoms with Crippen LogP contribution in [0.25, 0.3) is 0 Å². The fourth-order valence-corrected chi connectivity index (χ4v) is 1.78. The highest BCUT2D eigenvalue weighted by Crippen LogP contribution is 2.26. The predicted octanol–water partition coefficient (Wildman–Crippen LogP) is -0.0246. The van der Waals surface area contributed by atoms with Crippen LogP contribution in [0, 0.1) is 5.92 Å². The molecular weight excluding hydrogens is 192 g/mol. The highest BCUT2D eigenvalue weighted by Gasteiger charge is 2.31. The molecule has 15 heavy (non-hydrogen) atoms. The van der Waals surface area contributed by atoms with Crippen LogP contribution in [-0.4, -0.2) is 24.0 Å².